The predicted octanol–water partition coefficient (Wildman–Crippen LogP) is 2.49. The Labute approximate surface area is 147 Å². The Kier molecular flexibility index (Phi) is 5.82. The first-order valence-corrected chi connectivity index (χ1v) is 8.46. The van der Waals surface area contributed by atoms with Crippen LogP contribution in [0.25, 0.3) is 0 Å². The van der Waals surface area contributed by atoms with Gasteiger partial charge in [-0.2, -0.15) is 0 Å². The van der Waals surface area contributed by atoms with Crippen LogP contribution in [0.15, 0.2) is 30.3 Å². The minimum absolute atomic E-state index is 0.0888. The van der Waals surface area contributed by atoms with Gasteiger partial charge in [0.05, 0.1) is 19.1 Å². The number of esters is 1. The first-order chi connectivity index (χ1) is 11.8. The maximum absolute atomic E-state index is 12.9. The third-order valence-corrected chi connectivity index (χ3v) is 4.74. The predicted molar refractivity (Wildman–Crippen MR) is 91.6 cm³/mol. The van der Waals surface area contributed by atoms with Crippen LogP contribution in [-0.4, -0.2) is 41.0 Å². The highest BCUT2D eigenvalue weighted by molar-refractivity contribution is 5.88. The Bertz CT molecular complexity index is 642. The van der Waals surface area contributed by atoms with Crippen molar-refractivity contribution < 1.29 is 24.2 Å². The van der Waals surface area contributed by atoms with E-state index in [1.165, 1.54) is 12.0 Å². The van der Waals surface area contributed by atoms with E-state index >= 15 is 0 Å². The van der Waals surface area contributed by atoms with E-state index in [2.05, 4.69) is 0 Å². The molecule has 136 valence electrons. The highest BCUT2D eigenvalue weighted by atomic mass is 16.5. The lowest BCUT2D eigenvalue weighted by Crippen LogP contribution is -2.44. The number of hydrogen-bond donors (Lipinski definition) is 1. The van der Waals surface area contributed by atoms with E-state index in [0.29, 0.717) is 0 Å². The van der Waals surface area contributed by atoms with E-state index in [1.54, 1.807) is 6.92 Å². The zero-order chi connectivity index (χ0) is 18.7. The number of carbonyl (C=O) groups is 3. The van der Waals surface area contributed by atoms with Crippen LogP contribution in [0.5, 0.6) is 0 Å². The minimum Gasteiger partial charge on any atom is -0.480 e. The molecule has 0 radical (unpaired) electrons. The summed E-state index contributed by atoms with van der Waals surface area (Å²) >= 11 is 0. The molecule has 0 bridgehead atoms. The fraction of sp³-hybridized carbons (Fsp3) is 0.526. The van der Waals surface area contributed by atoms with E-state index < -0.39 is 35.9 Å². The Morgan fingerprint density at radius 2 is 1.80 bits per heavy atom. The van der Waals surface area contributed by atoms with Crippen molar-refractivity contribution in [1.82, 2.24) is 4.90 Å². The number of nitrogens with zero attached hydrogens (tertiary/aromatic N) is 1. The fourth-order valence-electron chi connectivity index (χ4n) is 3.69. The molecule has 1 aliphatic heterocycles. The number of methoxy groups -OCH3 is 1. The summed E-state index contributed by atoms with van der Waals surface area (Å²) in [5.41, 5.74) is 0.741. The standard InChI is InChI=1S/C19H25NO5/c1-11(2)10-14(21)20-16(18(22)23)12(3)15(19(24)25-4)17(20)13-8-6-5-7-9-13/h5-9,11-12,15-17H,10H2,1-4H3,(H,22,23). The summed E-state index contributed by atoms with van der Waals surface area (Å²) < 4.78 is 4.92. The summed E-state index contributed by atoms with van der Waals surface area (Å²) in [6, 6.07) is 7.39. The van der Waals surface area contributed by atoms with Gasteiger partial charge in [0.15, 0.2) is 0 Å². The molecular formula is C19H25NO5. The van der Waals surface area contributed by atoms with Gasteiger partial charge in [0, 0.05) is 12.3 Å². The summed E-state index contributed by atoms with van der Waals surface area (Å²) in [4.78, 5) is 38.6. The number of amides is 1. The highest BCUT2D eigenvalue weighted by Crippen LogP contribution is 2.46. The molecule has 0 spiro atoms. The van der Waals surface area contributed by atoms with Gasteiger partial charge in [0.25, 0.3) is 0 Å². The van der Waals surface area contributed by atoms with Crippen LogP contribution in [-0.2, 0) is 19.1 Å². The van der Waals surface area contributed by atoms with Crippen molar-refractivity contribution in [2.24, 2.45) is 17.8 Å². The number of hydrogen-bond acceptors (Lipinski definition) is 4. The van der Waals surface area contributed by atoms with Crippen molar-refractivity contribution in [1.29, 1.82) is 0 Å². The van der Waals surface area contributed by atoms with Gasteiger partial charge in [0.1, 0.15) is 6.04 Å². The molecule has 0 aliphatic carbocycles. The molecule has 25 heavy (non-hydrogen) atoms. The van der Waals surface area contributed by atoms with Gasteiger partial charge in [-0.25, -0.2) is 4.79 Å². The third-order valence-electron chi connectivity index (χ3n) is 4.74. The van der Waals surface area contributed by atoms with Crippen LogP contribution in [0.1, 0.15) is 38.8 Å². The van der Waals surface area contributed by atoms with Crippen LogP contribution in [0.3, 0.4) is 0 Å². The van der Waals surface area contributed by atoms with Gasteiger partial charge in [0.2, 0.25) is 5.91 Å². The summed E-state index contributed by atoms with van der Waals surface area (Å²) in [6.07, 6.45) is 0.230. The summed E-state index contributed by atoms with van der Waals surface area (Å²) in [7, 11) is 1.28. The smallest absolute Gasteiger partial charge is 0.326 e. The van der Waals surface area contributed by atoms with Crippen molar-refractivity contribution in [3.8, 4) is 0 Å². The quantitative estimate of drug-likeness (QED) is 0.827. The fourth-order valence-corrected chi connectivity index (χ4v) is 3.69. The van der Waals surface area contributed by atoms with E-state index in [0.717, 1.165) is 5.56 Å². The zero-order valence-corrected chi connectivity index (χ0v) is 15.0. The van der Waals surface area contributed by atoms with Gasteiger partial charge >= 0.3 is 11.9 Å². The van der Waals surface area contributed by atoms with Crippen molar-refractivity contribution in [2.75, 3.05) is 7.11 Å². The third kappa shape index (κ3) is 3.67. The van der Waals surface area contributed by atoms with Crippen LogP contribution in [0.4, 0.5) is 0 Å². The van der Waals surface area contributed by atoms with Gasteiger partial charge in [-0.05, 0) is 11.5 Å². The first-order valence-electron chi connectivity index (χ1n) is 8.46. The topological polar surface area (TPSA) is 83.9 Å². The van der Waals surface area contributed by atoms with Crippen LogP contribution < -0.4 is 0 Å². The molecule has 4 unspecified atom stereocenters. The molecule has 0 saturated carbocycles. The van der Waals surface area contributed by atoms with Crippen LogP contribution in [0.2, 0.25) is 0 Å². The lowest BCUT2D eigenvalue weighted by molar-refractivity contribution is -0.151. The average Bonchev–Trinajstić information content (AvgIpc) is 2.87. The first kappa shape index (κ1) is 19.0. The van der Waals surface area contributed by atoms with Gasteiger partial charge in [-0.3, -0.25) is 9.59 Å². The summed E-state index contributed by atoms with van der Waals surface area (Å²) in [5, 5.41) is 9.73. The van der Waals surface area contributed by atoms with Crippen molar-refractivity contribution >= 4 is 17.8 Å². The monoisotopic (exact) mass is 347 g/mol. The molecule has 1 amide bonds. The van der Waals surface area contributed by atoms with Crippen molar-refractivity contribution in [3.05, 3.63) is 35.9 Å². The largest absolute Gasteiger partial charge is 0.480 e. The van der Waals surface area contributed by atoms with Crippen LogP contribution >= 0.6 is 0 Å². The van der Waals surface area contributed by atoms with Crippen molar-refractivity contribution in [3.63, 3.8) is 0 Å². The SMILES string of the molecule is COC(=O)C1C(C)C(C(=O)O)N(C(=O)CC(C)C)C1c1ccccc1. The normalized spacial score (nSPS) is 25.9. The minimum atomic E-state index is -1.10. The maximum atomic E-state index is 12.9. The molecule has 2 rings (SSSR count). The van der Waals surface area contributed by atoms with E-state index in [-0.39, 0.29) is 18.2 Å². The molecule has 1 aliphatic rings. The summed E-state index contributed by atoms with van der Waals surface area (Å²) in [6.45, 7) is 5.50. The Hall–Kier alpha value is -2.37. The molecule has 0 aromatic heterocycles. The number of carboxylic acid groups (broad SMARTS) is 1. The number of likely N-dealkylation sites (tertiary alicyclic amines) is 1. The van der Waals surface area contributed by atoms with Gasteiger partial charge in [-0.1, -0.05) is 51.1 Å². The van der Waals surface area contributed by atoms with Crippen LogP contribution in [0, 0.1) is 17.8 Å². The Balaban J connectivity index is 2.57. The number of benzene rings is 1. The number of carboxylic acids is 1. The molecule has 1 heterocycles. The molecular weight excluding hydrogens is 322 g/mol. The number of ether oxygens (including phenoxy) is 1. The maximum Gasteiger partial charge on any atom is 0.326 e. The second-order valence-corrected chi connectivity index (χ2v) is 6.95. The number of aliphatic carboxylic acids is 1. The lowest BCUT2D eigenvalue weighted by Gasteiger charge is -2.30. The summed E-state index contributed by atoms with van der Waals surface area (Å²) in [5.74, 6) is -3.03. The Morgan fingerprint density at radius 1 is 1.20 bits per heavy atom. The van der Waals surface area contributed by atoms with E-state index in [4.69, 9.17) is 4.74 Å². The molecule has 1 N–H and O–H groups in total. The molecule has 1 saturated heterocycles. The molecule has 6 nitrogen and oxygen atoms in total. The molecule has 4 atom stereocenters. The van der Waals surface area contributed by atoms with Gasteiger partial charge in [-0.15, -0.1) is 0 Å². The van der Waals surface area contributed by atoms with Gasteiger partial charge < -0.3 is 14.7 Å². The van der Waals surface area contributed by atoms with E-state index in [1.807, 2.05) is 44.2 Å². The number of rotatable bonds is 5. The molecule has 1 aromatic rings. The second kappa shape index (κ2) is 7.68. The van der Waals surface area contributed by atoms with E-state index in [9.17, 15) is 19.5 Å². The number of carbonyl (C=O) groups excluding carboxylic acids is 2. The van der Waals surface area contributed by atoms with Crippen molar-refractivity contribution in [2.45, 2.75) is 39.3 Å². The zero-order valence-electron chi connectivity index (χ0n) is 15.0. The second-order valence-electron chi connectivity index (χ2n) is 6.95. The lowest BCUT2D eigenvalue weighted by atomic mass is 9.85. The Morgan fingerprint density at radius 3 is 2.28 bits per heavy atom. The average molecular weight is 347 g/mol. The molecule has 6 heteroatoms. The molecule has 1 fully saturated rings. The highest BCUT2D eigenvalue weighted by Gasteiger charge is 2.55. The molecule has 1 aromatic carbocycles.